The third-order valence-electron chi connectivity index (χ3n) is 4.05. The van der Waals surface area contributed by atoms with Crippen LogP contribution in [0.4, 0.5) is 0 Å². The molecular formula is C15H21NO3. The van der Waals surface area contributed by atoms with Crippen LogP contribution in [0, 0.1) is 0 Å². The van der Waals surface area contributed by atoms with Crippen LogP contribution in [0.1, 0.15) is 31.7 Å². The van der Waals surface area contributed by atoms with Crippen molar-refractivity contribution in [1.29, 1.82) is 0 Å². The zero-order valence-electron chi connectivity index (χ0n) is 11.7. The minimum Gasteiger partial charge on any atom is -0.493 e. The SMILES string of the molecule is CN(CC1CCOc2ccccc21)C(C)(C)C(=O)O. The van der Waals surface area contributed by atoms with Crippen molar-refractivity contribution in [3.63, 3.8) is 0 Å². The van der Waals surface area contributed by atoms with Crippen LogP contribution in [0.25, 0.3) is 0 Å². The first-order valence-electron chi connectivity index (χ1n) is 6.59. The Morgan fingerprint density at radius 3 is 2.84 bits per heavy atom. The van der Waals surface area contributed by atoms with E-state index in [0.717, 1.165) is 18.7 Å². The van der Waals surface area contributed by atoms with Gasteiger partial charge in [-0.2, -0.15) is 0 Å². The van der Waals surface area contributed by atoms with Gasteiger partial charge in [-0.25, -0.2) is 0 Å². The molecule has 1 aromatic rings. The van der Waals surface area contributed by atoms with Crippen molar-refractivity contribution < 1.29 is 14.6 Å². The quantitative estimate of drug-likeness (QED) is 0.906. The molecule has 1 aromatic carbocycles. The van der Waals surface area contributed by atoms with E-state index in [1.807, 2.05) is 30.1 Å². The summed E-state index contributed by atoms with van der Waals surface area (Å²) in [6.45, 7) is 4.89. The molecule has 1 heterocycles. The highest BCUT2D eigenvalue weighted by atomic mass is 16.5. The molecule has 1 atom stereocenters. The van der Waals surface area contributed by atoms with Crippen LogP contribution < -0.4 is 4.74 Å². The second kappa shape index (κ2) is 5.21. The molecule has 19 heavy (non-hydrogen) atoms. The Labute approximate surface area is 114 Å². The van der Waals surface area contributed by atoms with Gasteiger partial charge in [-0.3, -0.25) is 9.69 Å². The third kappa shape index (κ3) is 2.73. The standard InChI is InChI=1S/C15H21NO3/c1-15(2,14(17)18)16(3)10-11-8-9-19-13-7-5-4-6-12(11)13/h4-7,11H,8-10H2,1-3H3,(H,17,18). The van der Waals surface area contributed by atoms with Crippen LogP contribution in [0.5, 0.6) is 5.75 Å². The van der Waals surface area contributed by atoms with Crippen LogP contribution in [-0.4, -0.2) is 41.7 Å². The minimum absolute atomic E-state index is 0.327. The van der Waals surface area contributed by atoms with E-state index in [-0.39, 0.29) is 0 Å². The number of benzene rings is 1. The Morgan fingerprint density at radius 1 is 1.47 bits per heavy atom. The Bertz CT molecular complexity index is 470. The van der Waals surface area contributed by atoms with Gasteiger partial charge in [0.1, 0.15) is 11.3 Å². The molecule has 4 nitrogen and oxygen atoms in total. The average Bonchev–Trinajstić information content (AvgIpc) is 2.39. The molecule has 1 aliphatic heterocycles. The normalized spacial score (nSPS) is 18.8. The van der Waals surface area contributed by atoms with Crippen molar-refractivity contribution in [3.8, 4) is 5.75 Å². The zero-order valence-corrected chi connectivity index (χ0v) is 11.7. The molecule has 0 aliphatic carbocycles. The van der Waals surface area contributed by atoms with Crippen molar-refractivity contribution in [2.75, 3.05) is 20.2 Å². The topological polar surface area (TPSA) is 49.8 Å². The van der Waals surface area contributed by atoms with E-state index in [1.165, 1.54) is 5.56 Å². The number of carbonyl (C=O) groups is 1. The highest BCUT2D eigenvalue weighted by Gasteiger charge is 2.34. The molecule has 2 rings (SSSR count). The number of rotatable bonds is 4. The van der Waals surface area contributed by atoms with Gasteiger partial charge in [0.15, 0.2) is 0 Å². The largest absolute Gasteiger partial charge is 0.493 e. The Balaban J connectivity index is 2.15. The van der Waals surface area contributed by atoms with E-state index < -0.39 is 11.5 Å². The number of hydrogen-bond acceptors (Lipinski definition) is 3. The molecule has 0 aromatic heterocycles. The average molecular weight is 263 g/mol. The molecule has 0 amide bonds. The number of hydrogen-bond donors (Lipinski definition) is 1. The minimum atomic E-state index is -0.854. The highest BCUT2D eigenvalue weighted by molar-refractivity contribution is 5.77. The van der Waals surface area contributed by atoms with Gasteiger partial charge in [0.05, 0.1) is 6.61 Å². The van der Waals surface area contributed by atoms with Gasteiger partial charge in [-0.15, -0.1) is 0 Å². The van der Waals surface area contributed by atoms with Crippen molar-refractivity contribution in [3.05, 3.63) is 29.8 Å². The van der Waals surface area contributed by atoms with E-state index in [1.54, 1.807) is 13.8 Å². The molecule has 1 aliphatic rings. The maximum atomic E-state index is 11.3. The van der Waals surface area contributed by atoms with E-state index in [4.69, 9.17) is 4.74 Å². The van der Waals surface area contributed by atoms with Gasteiger partial charge < -0.3 is 9.84 Å². The molecule has 0 bridgehead atoms. The maximum absolute atomic E-state index is 11.3. The summed E-state index contributed by atoms with van der Waals surface area (Å²) in [5, 5.41) is 9.27. The first kappa shape index (κ1) is 13.9. The van der Waals surface area contributed by atoms with Gasteiger partial charge in [-0.1, -0.05) is 18.2 Å². The van der Waals surface area contributed by atoms with Crippen LogP contribution >= 0.6 is 0 Å². The monoisotopic (exact) mass is 263 g/mol. The van der Waals surface area contributed by atoms with Gasteiger partial charge in [0.2, 0.25) is 0 Å². The van der Waals surface area contributed by atoms with Crippen LogP contribution in [0.15, 0.2) is 24.3 Å². The van der Waals surface area contributed by atoms with Gasteiger partial charge >= 0.3 is 5.97 Å². The Morgan fingerprint density at radius 2 is 2.16 bits per heavy atom. The van der Waals surface area contributed by atoms with Gasteiger partial charge in [0, 0.05) is 12.5 Å². The first-order valence-corrected chi connectivity index (χ1v) is 6.59. The third-order valence-corrected chi connectivity index (χ3v) is 4.05. The molecule has 0 radical (unpaired) electrons. The molecule has 0 fully saturated rings. The summed E-state index contributed by atoms with van der Waals surface area (Å²) in [6.07, 6.45) is 0.928. The summed E-state index contributed by atoms with van der Waals surface area (Å²) < 4.78 is 5.63. The van der Waals surface area contributed by atoms with E-state index in [0.29, 0.717) is 12.5 Å². The molecule has 0 saturated carbocycles. The number of carboxylic acid groups (broad SMARTS) is 1. The molecule has 104 valence electrons. The summed E-state index contributed by atoms with van der Waals surface area (Å²) in [7, 11) is 1.87. The summed E-state index contributed by atoms with van der Waals surface area (Å²) in [6, 6.07) is 8.01. The molecule has 1 N–H and O–H groups in total. The number of aliphatic carboxylic acids is 1. The predicted octanol–water partition coefficient (Wildman–Crippen LogP) is 2.35. The zero-order chi connectivity index (χ0) is 14.0. The summed E-state index contributed by atoms with van der Waals surface area (Å²) >= 11 is 0. The van der Waals surface area contributed by atoms with Crippen molar-refractivity contribution >= 4 is 5.97 Å². The van der Waals surface area contributed by atoms with Gasteiger partial charge in [-0.05, 0) is 38.9 Å². The second-order valence-electron chi connectivity index (χ2n) is 5.62. The fourth-order valence-electron chi connectivity index (χ4n) is 2.33. The Kier molecular flexibility index (Phi) is 3.80. The Hall–Kier alpha value is -1.55. The first-order chi connectivity index (χ1) is 8.93. The highest BCUT2D eigenvalue weighted by Crippen LogP contribution is 2.34. The lowest BCUT2D eigenvalue weighted by molar-refractivity contribution is -0.148. The maximum Gasteiger partial charge on any atom is 0.323 e. The fraction of sp³-hybridized carbons (Fsp3) is 0.533. The fourth-order valence-corrected chi connectivity index (χ4v) is 2.33. The number of nitrogens with zero attached hydrogens (tertiary/aromatic N) is 1. The summed E-state index contributed by atoms with van der Waals surface area (Å²) in [5.74, 6) is 0.462. The van der Waals surface area contributed by atoms with Crippen LogP contribution in [-0.2, 0) is 4.79 Å². The van der Waals surface area contributed by atoms with Crippen molar-refractivity contribution in [2.45, 2.75) is 31.7 Å². The van der Waals surface area contributed by atoms with E-state index >= 15 is 0 Å². The summed E-state index contributed by atoms with van der Waals surface area (Å²) in [5.41, 5.74) is 0.328. The lowest BCUT2D eigenvalue weighted by Crippen LogP contribution is -2.49. The van der Waals surface area contributed by atoms with Crippen LogP contribution in [0.2, 0.25) is 0 Å². The second-order valence-corrected chi connectivity index (χ2v) is 5.62. The predicted molar refractivity (Wildman–Crippen MR) is 73.6 cm³/mol. The lowest BCUT2D eigenvalue weighted by atomic mass is 9.91. The number of likely N-dealkylation sites (N-methyl/N-ethyl adjacent to an activating group) is 1. The van der Waals surface area contributed by atoms with Crippen molar-refractivity contribution in [1.82, 2.24) is 4.90 Å². The van der Waals surface area contributed by atoms with Crippen LogP contribution in [0.3, 0.4) is 0 Å². The smallest absolute Gasteiger partial charge is 0.323 e. The number of para-hydroxylation sites is 1. The lowest BCUT2D eigenvalue weighted by Gasteiger charge is -2.36. The molecule has 4 heteroatoms. The number of ether oxygens (including phenoxy) is 1. The molecule has 1 unspecified atom stereocenters. The molecule has 0 saturated heterocycles. The van der Waals surface area contributed by atoms with Gasteiger partial charge in [0.25, 0.3) is 0 Å². The summed E-state index contributed by atoms with van der Waals surface area (Å²) in [4.78, 5) is 13.2. The molecule has 0 spiro atoms. The number of fused-ring (bicyclic) bond motifs is 1. The number of carboxylic acids is 1. The molecular weight excluding hydrogens is 242 g/mol. The van der Waals surface area contributed by atoms with Crippen molar-refractivity contribution in [2.24, 2.45) is 0 Å². The van der Waals surface area contributed by atoms with E-state index in [9.17, 15) is 9.90 Å². The van der Waals surface area contributed by atoms with E-state index in [2.05, 4.69) is 6.07 Å².